The smallest absolute Gasteiger partial charge is 0.282 e. The zero-order chi connectivity index (χ0) is 19.7. The number of nitrogens with zero attached hydrogens (tertiary/aromatic N) is 2. The monoisotopic (exact) mass is 398 g/mol. The lowest BCUT2D eigenvalue weighted by Gasteiger charge is -2.29. The number of ether oxygens (including phenoxy) is 2. The Morgan fingerprint density at radius 1 is 1.00 bits per heavy atom. The SMILES string of the molecule is COc1cccc(N2C(=O)C(c3ccc(Cl)cc3)=C(N3CCOCC3)C2=O)c1. The maximum absolute atomic E-state index is 13.4. The molecule has 0 N–H and O–H groups in total. The predicted octanol–water partition coefficient (Wildman–Crippen LogP) is 2.97. The number of imide groups is 1. The molecule has 0 saturated carbocycles. The Kier molecular flexibility index (Phi) is 5.07. The second-order valence-corrected chi connectivity index (χ2v) is 6.91. The van der Waals surface area contributed by atoms with Crippen molar-refractivity contribution in [2.75, 3.05) is 38.3 Å². The average Bonchev–Trinajstić information content (AvgIpc) is 2.99. The van der Waals surface area contributed by atoms with Gasteiger partial charge in [-0.3, -0.25) is 9.59 Å². The van der Waals surface area contributed by atoms with Crippen LogP contribution >= 0.6 is 11.6 Å². The highest BCUT2D eigenvalue weighted by atomic mass is 35.5. The van der Waals surface area contributed by atoms with Crippen molar-refractivity contribution in [3.05, 3.63) is 64.8 Å². The molecule has 28 heavy (non-hydrogen) atoms. The molecule has 0 unspecified atom stereocenters. The van der Waals surface area contributed by atoms with Gasteiger partial charge in [0.1, 0.15) is 11.4 Å². The van der Waals surface area contributed by atoms with E-state index in [-0.39, 0.29) is 11.8 Å². The van der Waals surface area contributed by atoms with Crippen molar-refractivity contribution >= 4 is 34.7 Å². The lowest BCUT2D eigenvalue weighted by molar-refractivity contribution is -0.121. The Labute approximate surface area is 167 Å². The van der Waals surface area contributed by atoms with Crippen LogP contribution < -0.4 is 9.64 Å². The summed E-state index contributed by atoms with van der Waals surface area (Å²) in [5.74, 6) is -0.127. The molecule has 2 aliphatic heterocycles. The Morgan fingerprint density at radius 3 is 2.39 bits per heavy atom. The second kappa shape index (κ2) is 7.66. The molecular weight excluding hydrogens is 380 g/mol. The number of anilines is 1. The number of methoxy groups -OCH3 is 1. The van der Waals surface area contributed by atoms with Crippen molar-refractivity contribution in [2.45, 2.75) is 0 Å². The highest BCUT2D eigenvalue weighted by molar-refractivity contribution is 6.45. The summed E-state index contributed by atoms with van der Waals surface area (Å²) >= 11 is 6.01. The van der Waals surface area contributed by atoms with Gasteiger partial charge in [0.25, 0.3) is 11.8 Å². The molecule has 4 rings (SSSR count). The van der Waals surface area contributed by atoms with Gasteiger partial charge >= 0.3 is 0 Å². The highest BCUT2D eigenvalue weighted by Gasteiger charge is 2.42. The minimum absolute atomic E-state index is 0.342. The molecule has 2 aromatic rings. The fraction of sp³-hybridized carbons (Fsp3) is 0.238. The number of carbonyl (C=O) groups excluding carboxylic acids is 2. The van der Waals surface area contributed by atoms with Gasteiger partial charge in [-0.2, -0.15) is 0 Å². The number of carbonyl (C=O) groups is 2. The van der Waals surface area contributed by atoms with Gasteiger partial charge in [-0.25, -0.2) is 4.90 Å². The number of hydrogen-bond donors (Lipinski definition) is 0. The van der Waals surface area contributed by atoms with Crippen molar-refractivity contribution in [3.63, 3.8) is 0 Å². The van der Waals surface area contributed by atoms with Crippen LogP contribution in [-0.4, -0.2) is 50.1 Å². The van der Waals surface area contributed by atoms with Crippen LogP contribution in [0.25, 0.3) is 5.57 Å². The molecule has 2 aliphatic rings. The highest BCUT2D eigenvalue weighted by Crippen LogP contribution is 2.36. The summed E-state index contributed by atoms with van der Waals surface area (Å²) in [5.41, 5.74) is 1.92. The van der Waals surface area contributed by atoms with Crippen LogP contribution in [-0.2, 0) is 14.3 Å². The largest absolute Gasteiger partial charge is 0.497 e. The molecule has 144 valence electrons. The topological polar surface area (TPSA) is 59.1 Å². The summed E-state index contributed by atoms with van der Waals surface area (Å²) in [6.45, 7) is 2.13. The van der Waals surface area contributed by atoms with Crippen molar-refractivity contribution in [3.8, 4) is 5.75 Å². The molecule has 6 nitrogen and oxygen atoms in total. The first-order valence-electron chi connectivity index (χ1n) is 8.96. The summed E-state index contributed by atoms with van der Waals surface area (Å²) in [5, 5.41) is 0.568. The Bertz CT molecular complexity index is 949. The molecule has 0 bridgehead atoms. The Hall–Kier alpha value is -2.83. The van der Waals surface area contributed by atoms with E-state index in [9.17, 15) is 9.59 Å². The molecular formula is C21H19ClN2O4. The first-order valence-corrected chi connectivity index (χ1v) is 9.33. The van der Waals surface area contributed by atoms with Crippen LogP contribution in [0, 0.1) is 0 Å². The third kappa shape index (κ3) is 3.25. The predicted molar refractivity (Wildman–Crippen MR) is 106 cm³/mol. The van der Waals surface area contributed by atoms with Gasteiger partial charge in [0, 0.05) is 24.2 Å². The number of rotatable bonds is 4. The zero-order valence-corrected chi connectivity index (χ0v) is 16.1. The number of amides is 2. The van der Waals surface area contributed by atoms with E-state index in [0.29, 0.717) is 59.6 Å². The molecule has 2 heterocycles. The van der Waals surface area contributed by atoms with Gasteiger partial charge in [0.05, 0.1) is 31.6 Å². The van der Waals surface area contributed by atoms with Gasteiger partial charge < -0.3 is 14.4 Å². The minimum Gasteiger partial charge on any atom is -0.497 e. The maximum atomic E-state index is 13.4. The molecule has 0 spiro atoms. The van der Waals surface area contributed by atoms with E-state index >= 15 is 0 Å². The van der Waals surface area contributed by atoms with Crippen LogP contribution in [0.15, 0.2) is 54.2 Å². The van der Waals surface area contributed by atoms with E-state index in [1.165, 1.54) is 4.90 Å². The lowest BCUT2D eigenvalue weighted by Crippen LogP contribution is -2.40. The number of morpholine rings is 1. The minimum atomic E-state index is -0.359. The van der Waals surface area contributed by atoms with Crippen molar-refractivity contribution in [1.82, 2.24) is 4.90 Å². The van der Waals surface area contributed by atoms with E-state index < -0.39 is 0 Å². The molecule has 7 heteroatoms. The fourth-order valence-corrected chi connectivity index (χ4v) is 3.59. The number of benzene rings is 2. The van der Waals surface area contributed by atoms with Gasteiger partial charge in [0.15, 0.2) is 0 Å². The van der Waals surface area contributed by atoms with Gasteiger partial charge in [0.2, 0.25) is 0 Å². The molecule has 1 fully saturated rings. The summed E-state index contributed by atoms with van der Waals surface area (Å²) in [7, 11) is 1.54. The van der Waals surface area contributed by atoms with Crippen LogP contribution in [0.1, 0.15) is 5.56 Å². The Morgan fingerprint density at radius 2 is 1.71 bits per heavy atom. The van der Waals surface area contributed by atoms with E-state index in [1.807, 2.05) is 4.90 Å². The average molecular weight is 399 g/mol. The normalized spacial score (nSPS) is 17.5. The fourth-order valence-electron chi connectivity index (χ4n) is 3.46. The number of hydrogen-bond acceptors (Lipinski definition) is 5. The van der Waals surface area contributed by atoms with Crippen molar-refractivity contribution in [2.24, 2.45) is 0 Å². The molecule has 1 saturated heterocycles. The summed E-state index contributed by atoms with van der Waals surface area (Å²) in [6.07, 6.45) is 0. The molecule has 0 radical (unpaired) electrons. The number of halogens is 1. The summed E-state index contributed by atoms with van der Waals surface area (Å²) in [4.78, 5) is 29.9. The third-order valence-corrected chi connectivity index (χ3v) is 5.08. The third-order valence-electron chi connectivity index (χ3n) is 4.83. The molecule has 0 aliphatic carbocycles. The molecule has 0 atom stereocenters. The van der Waals surface area contributed by atoms with E-state index in [0.717, 1.165) is 0 Å². The first-order chi connectivity index (χ1) is 13.6. The maximum Gasteiger partial charge on any atom is 0.282 e. The van der Waals surface area contributed by atoms with Crippen LogP contribution in [0.2, 0.25) is 5.02 Å². The molecule has 0 aromatic heterocycles. The van der Waals surface area contributed by atoms with Gasteiger partial charge in [-0.05, 0) is 29.8 Å². The van der Waals surface area contributed by atoms with Crippen LogP contribution in [0.4, 0.5) is 5.69 Å². The first kappa shape index (κ1) is 18.5. The molecule has 2 aromatic carbocycles. The zero-order valence-electron chi connectivity index (χ0n) is 15.4. The van der Waals surface area contributed by atoms with Gasteiger partial charge in [-0.1, -0.05) is 29.8 Å². The van der Waals surface area contributed by atoms with Crippen LogP contribution in [0.5, 0.6) is 5.75 Å². The van der Waals surface area contributed by atoms with E-state index in [2.05, 4.69) is 0 Å². The second-order valence-electron chi connectivity index (χ2n) is 6.48. The van der Waals surface area contributed by atoms with Crippen LogP contribution in [0.3, 0.4) is 0 Å². The lowest BCUT2D eigenvalue weighted by atomic mass is 10.0. The van der Waals surface area contributed by atoms with Crippen molar-refractivity contribution in [1.29, 1.82) is 0 Å². The standard InChI is InChI=1S/C21H19ClN2O4/c1-27-17-4-2-3-16(13-17)24-20(25)18(14-5-7-15(22)8-6-14)19(21(24)26)23-9-11-28-12-10-23/h2-8,13H,9-12H2,1H3. The van der Waals surface area contributed by atoms with Gasteiger partial charge in [-0.15, -0.1) is 0 Å². The molecule has 2 amide bonds. The Balaban J connectivity index is 1.81. The van der Waals surface area contributed by atoms with Crippen molar-refractivity contribution < 1.29 is 19.1 Å². The van der Waals surface area contributed by atoms with E-state index in [4.69, 9.17) is 21.1 Å². The van der Waals surface area contributed by atoms with E-state index in [1.54, 1.807) is 55.6 Å². The summed E-state index contributed by atoms with van der Waals surface area (Å²) in [6, 6.07) is 13.9. The summed E-state index contributed by atoms with van der Waals surface area (Å²) < 4.78 is 10.7. The quantitative estimate of drug-likeness (QED) is 0.741.